The minimum atomic E-state index is -3.67. The van der Waals surface area contributed by atoms with Gasteiger partial charge < -0.3 is 0 Å². The van der Waals surface area contributed by atoms with Gasteiger partial charge in [0.25, 0.3) is 10.0 Å². The maximum Gasteiger partial charge on any atom is 0.264 e. The summed E-state index contributed by atoms with van der Waals surface area (Å²) in [6.45, 7) is 0.414. The minimum absolute atomic E-state index is 0.240. The molecule has 0 saturated carbocycles. The summed E-state index contributed by atoms with van der Waals surface area (Å²) >= 11 is 0. The van der Waals surface area contributed by atoms with Crippen LogP contribution in [0, 0.1) is 5.82 Å². The fourth-order valence-electron chi connectivity index (χ4n) is 3.93. The summed E-state index contributed by atoms with van der Waals surface area (Å²) in [4.78, 5) is 4.29. The first-order valence-corrected chi connectivity index (χ1v) is 11.4. The van der Waals surface area contributed by atoms with E-state index in [0.717, 1.165) is 33.5 Å². The Morgan fingerprint density at radius 3 is 2.00 bits per heavy atom. The lowest BCUT2D eigenvalue weighted by molar-refractivity contribution is 0.592. The number of pyridine rings is 1. The van der Waals surface area contributed by atoms with E-state index in [1.807, 2.05) is 24.3 Å². The normalized spacial score (nSPS) is 13.3. The Labute approximate surface area is 180 Å². The fourth-order valence-corrected chi connectivity index (χ4v) is 5.44. The summed E-state index contributed by atoms with van der Waals surface area (Å²) in [5.41, 5.74) is 5.50. The van der Waals surface area contributed by atoms with Crippen molar-refractivity contribution in [3.8, 4) is 22.3 Å². The van der Waals surface area contributed by atoms with Crippen molar-refractivity contribution in [2.45, 2.75) is 11.3 Å². The molecule has 0 aliphatic carbocycles. The molecule has 6 heteroatoms. The van der Waals surface area contributed by atoms with E-state index >= 15 is 0 Å². The van der Waals surface area contributed by atoms with Crippen LogP contribution in [-0.2, 0) is 16.4 Å². The highest BCUT2D eigenvalue weighted by atomic mass is 32.2. The molecule has 5 rings (SSSR count). The molecule has 0 spiro atoms. The summed E-state index contributed by atoms with van der Waals surface area (Å²) in [6, 6.07) is 22.6. The highest BCUT2D eigenvalue weighted by Gasteiger charge is 2.31. The molecule has 3 aromatic carbocycles. The summed E-state index contributed by atoms with van der Waals surface area (Å²) in [5, 5.41) is 0. The lowest BCUT2D eigenvalue weighted by Crippen LogP contribution is -2.29. The van der Waals surface area contributed by atoms with Crippen molar-refractivity contribution in [2.24, 2.45) is 0 Å². The molecule has 1 aromatic heterocycles. The van der Waals surface area contributed by atoms with Gasteiger partial charge in [0.1, 0.15) is 5.82 Å². The maximum absolute atomic E-state index is 13.3. The van der Waals surface area contributed by atoms with Gasteiger partial charge in [-0.3, -0.25) is 9.29 Å². The average Bonchev–Trinajstić information content (AvgIpc) is 3.24. The summed E-state index contributed by atoms with van der Waals surface area (Å²) < 4.78 is 41.3. The number of anilines is 1. The zero-order chi connectivity index (χ0) is 21.4. The first kappa shape index (κ1) is 19.5. The molecule has 0 unspecified atom stereocenters. The molecule has 0 N–H and O–H groups in total. The van der Waals surface area contributed by atoms with Crippen LogP contribution in [0.2, 0.25) is 0 Å². The van der Waals surface area contributed by atoms with Crippen molar-refractivity contribution < 1.29 is 12.8 Å². The number of nitrogens with zero attached hydrogens (tertiary/aromatic N) is 2. The molecule has 0 fully saturated rings. The van der Waals surface area contributed by atoms with E-state index in [-0.39, 0.29) is 10.7 Å². The molecule has 1 aliphatic heterocycles. The minimum Gasteiger partial charge on any atom is -0.266 e. The average molecular weight is 431 g/mol. The van der Waals surface area contributed by atoms with Crippen molar-refractivity contribution in [2.75, 3.05) is 10.8 Å². The number of hydrogen-bond donors (Lipinski definition) is 0. The lowest BCUT2D eigenvalue weighted by atomic mass is 10.0. The van der Waals surface area contributed by atoms with Gasteiger partial charge >= 0.3 is 0 Å². The van der Waals surface area contributed by atoms with Gasteiger partial charge in [-0.05, 0) is 82.8 Å². The maximum atomic E-state index is 13.3. The molecule has 0 radical (unpaired) electrons. The second kappa shape index (κ2) is 7.63. The Morgan fingerprint density at radius 2 is 1.32 bits per heavy atom. The van der Waals surface area contributed by atoms with Crippen molar-refractivity contribution in [3.05, 3.63) is 103 Å². The van der Waals surface area contributed by atoms with Gasteiger partial charge in [0.15, 0.2) is 0 Å². The van der Waals surface area contributed by atoms with Crippen LogP contribution in [0.1, 0.15) is 5.56 Å². The van der Waals surface area contributed by atoms with Gasteiger partial charge in [-0.15, -0.1) is 0 Å². The first-order chi connectivity index (χ1) is 15.0. The van der Waals surface area contributed by atoms with Crippen molar-refractivity contribution >= 4 is 15.7 Å². The third-order valence-corrected chi connectivity index (χ3v) is 7.39. The van der Waals surface area contributed by atoms with Gasteiger partial charge in [0, 0.05) is 18.9 Å². The molecule has 0 atom stereocenters. The third kappa shape index (κ3) is 3.59. The topological polar surface area (TPSA) is 50.3 Å². The van der Waals surface area contributed by atoms with Crippen LogP contribution >= 0.6 is 0 Å². The van der Waals surface area contributed by atoms with Crippen LogP contribution in [-0.4, -0.2) is 19.9 Å². The van der Waals surface area contributed by atoms with Gasteiger partial charge in [-0.25, -0.2) is 12.8 Å². The number of sulfonamides is 1. The Bertz CT molecular complexity index is 1340. The lowest BCUT2D eigenvalue weighted by Gasteiger charge is -2.20. The van der Waals surface area contributed by atoms with E-state index in [0.29, 0.717) is 13.0 Å². The molecule has 4 nitrogen and oxygen atoms in total. The summed E-state index contributed by atoms with van der Waals surface area (Å²) in [6.07, 6.45) is 4.16. The van der Waals surface area contributed by atoms with Gasteiger partial charge in [-0.2, -0.15) is 0 Å². The van der Waals surface area contributed by atoms with Crippen molar-refractivity contribution in [1.29, 1.82) is 0 Å². The van der Waals surface area contributed by atoms with E-state index in [4.69, 9.17) is 0 Å². The van der Waals surface area contributed by atoms with Crippen LogP contribution in [0.25, 0.3) is 22.3 Å². The monoisotopic (exact) mass is 430 g/mol. The van der Waals surface area contributed by atoms with Crippen LogP contribution in [0.5, 0.6) is 0 Å². The molecular weight excluding hydrogens is 411 g/mol. The largest absolute Gasteiger partial charge is 0.266 e. The van der Waals surface area contributed by atoms with Crippen molar-refractivity contribution in [3.63, 3.8) is 0 Å². The number of fused-ring (bicyclic) bond motifs is 1. The van der Waals surface area contributed by atoms with Crippen LogP contribution in [0.15, 0.2) is 96.2 Å². The van der Waals surface area contributed by atoms with Crippen LogP contribution < -0.4 is 4.31 Å². The van der Waals surface area contributed by atoms with E-state index in [1.165, 1.54) is 16.4 Å². The zero-order valence-corrected chi connectivity index (χ0v) is 17.4. The molecule has 0 saturated heterocycles. The van der Waals surface area contributed by atoms with E-state index in [2.05, 4.69) is 11.1 Å². The fraction of sp³-hybridized carbons (Fsp3) is 0.0800. The molecule has 31 heavy (non-hydrogen) atoms. The standard InChI is InChI=1S/C25H19FN2O2S/c26-23-6-1-18(2-7-23)19-3-8-24(9-4-19)31(29,30)28-16-13-22-17-21(5-10-25(22)28)20-11-14-27-15-12-20/h1-12,14-15,17H,13,16H2. The summed E-state index contributed by atoms with van der Waals surface area (Å²) in [5.74, 6) is -0.303. The predicted octanol–water partition coefficient (Wildman–Crippen LogP) is 5.31. The molecular formula is C25H19FN2O2S. The Balaban J connectivity index is 1.44. The number of benzene rings is 3. The number of hydrogen-bond acceptors (Lipinski definition) is 3. The quantitative estimate of drug-likeness (QED) is 0.441. The zero-order valence-electron chi connectivity index (χ0n) is 16.6. The first-order valence-electron chi connectivity index (χ1n) is 9.94. The Kier molecular flexibility index (Phi) is 4.79. The molecule has 1 aliphatic rings. The number of rotatable bonds is 4. The van der Waals surface area contributed by atoms with E-state index in [9.17, 15) is 12.8 Å². The molecule has 2 heterocycles. The third-order valence-electron chi connectivity index (χ3n) is 5.57. The van der Waals surface area contributed by atoms with Gasteiger partial charge in [0.2, 0.25) is 0 Å². The molecule has 4 aromatic rings. The molecule has 0 amide bonds. The van der Waals surface area contributed by atoms with E-state index in [1.54, 1.807) is 48.8 Å². The number of aromatic nitrogens is 1. The predicted molar refractivity (Wildman–Crippen MR) is 120 cm³/mol. The van der Waals surface area contributed by atoms with Gasteiger partial charge in [-0.1, -0.05) is 30.3 Å². The van der Waals surface area contributed by atoms with Gasteiger partial charge in [0.05, 0.1) is 10.6 Å². The Morgan fingerprint density at radius 1 is 0.742 bits per heavy atom. The molecule has 154 valence electrons. The van der Waals surface area contributed by atoms with E-state index < -0.39 is 10.0 Å². The summed E-state index contributed by atoms with van der Waals surface area (Å²) in [7, 11) is -3.67. The second-order valence-corrected chi connectivity index (χ2v) is 9.30. The van der Waals surface area contributed by atoms with Crippen LogP contribution in [0.4, 0.5) is 10.1 Å². The number of halogens is 1. The Hall–Kier alpha value is -3.51. The molecule has 0 bridgehead atoms. The SMILES string of the molecule is O=S(=O)(c1ccc(-c2ccc(F)cc2)cc1)N1CCc2cc(-c3ccncc3)ccc21. The van der Waals surface area contributed by atoms with Crippen molar-refractivity contribution in [1.82, 2.24) is 4.98 Å². The highest BCUT2D eigenvalue weighted by Crippen LogP contribution is 2.36. The van der Waals surface area contributed by atoms with Crippen LogP contribution in [0.3, 0.4) is 0 Å². The highest BCUT2D eigenvalue weighted by molar-refractivity contribution is 7.92. The second-order valence-electron chi connectivity index (χ2n) is 7.44. The smallest absolute Gasteiger partial charge is 0.264 e.